The summed E-state index contributed by atoms with van der Waals surface area (Å²) in [5.74, 6) is 2.78. The fraction of sp³-hybridized carbons (Fsp3) is 0.364. The van der Waals surface area contributed by atoms with Crippen molar-refractivity contribution in [2.24, 2.45) is 0 Å². The van der Waals surface area contributed by atoms with Crippen LogP contribution in [0.1, 0.15) is 29.8 Å². The summed E-state index contributed by atoms with van der Waals surface area (Å²) in [7, 11) is 0. The zero-order chi connectivity index (χ0) is 19.5. The van der Waals surface area contributed by atoms with Gasteiger partial charge in [0.25, 0.3) is 0 Å². The molecule has 0 amide bonds. The lowest BCUT2D eigenvalue weighted by molar-refractivity contribution is 0.521. The zero-order valence-electron chi connectivity index (χ0n) is 16.7. The van der Waals surface area contributed by atoms with Gasteiger partial charge in [-0.15, -0.1) is 0 Å². The van der Waals surface area contributed by atoms with E-state index < -0.39 is 0 Å². The fourth-order valence-corrected chi connectivity index (χ4v) is 3.62. The van der Waals surface area contributed by atoms with Crippen LogP contribution in [0.2, 0.25) is 0 Å². The van der Waals surface area contributed by atoms with Crippen LogP contribution in [0, 0.1) is 20.8 Å². The summed E-state index contributed by atoms with van der Waals surface area (Å²) in [6.45, 7) is 8.13. The van der Waals surface area contributed by atoms with Crippen molar-refractivity contribution in [1.82, 2.24) is 19.9 Å². The van der Waals surface area contributed by atoms with Crippen LogP contribution in [0.25, 0.3) is 11.4 Å². The largest absolute Gasteiger partial charge is 0.367 e. The lowest BCUT2D eigenvalue weighted by Crippen LogP contribution is -2.40. The van der Waals surface area contributed by atoms with Crippen LogP contribution in [-0.2, 0) is 0 Å². The molecule has 3 aromatic heterocycles. The van der Waals surface area contributed by atoms with Gasteiger partial charge in [-0.3, -0.25) is 4.98 Å². The van der Waals surface area contributed by atoms with Crippen molar-refractivity contribution in [2.75, 3.05) is 23.3 Å². The molecule has 144 valence electrons. The van der Waals surface area contributed by atoms with E-state index in [1.165, 1.54) is 0 Å². The number of pyridine rings is 2. The molecule has 0 atom stereocenters. The minimum absolute atomic E-state index is 0.438. The number of nitrogens with zero attached hydrogens (tertiary/aromatic N) is 5. The van der Waals surface area contributed by atoms with Gasteiger partial charge in [-0.05, 0) is 57.9 Å². The number of aromatic nitrogens is 4. The number of rotatable bonds is 4. The molecule has 0 aromatic carbocycles. The lowest BCUT2D eigenvalue weighted by atomic mass is 10.0. The van der Waals surface area contributed by atoms with Crippen LogP contribution >= 0.6 is 0 Å². The zero-order valence-corrected chi connectivity index (χ0v) is 16.7. The van der Waals surface area contributed by atoms with Crippen LogP contribution < -0.4 is 10.2 Å². The highest BCUT2D eigenvalue weighted by molar-refractivity contribution is 5.60. The van der Waals surface area contributed by atoms with Crippen molar-refractivity contribution in [3.05, 3.63) is 59.7 Å². The molecule has 6 heteroatoms. The Hall–Kier alpha value is -3.02. The highest BCUT2D eigenvalue weighted by Crippen LogP contribution is 2.27. The van der Waals surface area contributed by atoms with Gasteiger partial charge in [-0.2, -0.15) is 0 Å². The van der Waals surface area contributed by atoms with Crippen LogP contribution in [0.5, 0.6) is 0 Å². The van der Waals surface area contributed by atoms with Gasteiger partial charge in [0.15, 0.2) is 5.82 Å². The highest BCUT2D eigenvalue weighted by atomic mass is 15.2. The van der Waals surface area contributed by atoms with Crippen LogP contribution in [-0.4, -0.2) is 39.1 Å². The Bertz CT molecular complexity index is 948. The minimum Gasteiger partial charge on any atom is -0.367 e. The first-order valence-corrected chi connectivity index (χ1v) is 9.81. The molecule has 4 heterocycles. The first-order valence-electron chi connectivity index (χ1n) is 9.81. The van der Waals surface area contributed by atoms with Gasteiger partial charge >= 0.3 is 0 Å². The van der Waals surface area contributed by atoms with Gasteiger partial charge in [0, 0.05) is 54.0 Å². The van der Waals surface area contributed by atoms with E-state index in [2.05, 4.69) is 34.0 Å². The molecule has 28 heavy (non-hydrogen) atoms. The Morgan fingerprint density at radius 1 is 0.929 bits per heavy atom. The molecule has 1 N–H and O–H groups in total. The van der Waals surface area contributed by atoms with Gasteiger partial charge in [0.2, 0.25) is 0 Å². The third kappa shape index (κ3) is 3.96. The number of hydrogen-bond acceptors (Lipinski definition) is 6. The van der Waals surface area contributed by atoms with Crippen molar-refractivity contribution < 1.29 is 0 Å². The predicted octanol–water partition coefficient (Wildman–Crippen LogP) is 3.94. The second-order valence-electron chi connectivity index (χ2n) is 7.39. The van der Waals surface area contributed by atoms with Crippen molar-refractivity contribution in [2.45, 2.75) is 39.7 Å². The average Bonchev–Trinajstić information content (AvgIpc) is 2.71. The molecular weight excluding hydrogens is 348 g/mol. The molecule has 0 spiro atoms. The Kier molecular flexibility index (Phi) is 5.19. The summed E-state index contributed by atoms with van der Waals surface area (Å²) in [5, 5.41) is 3.58. The van der Waals surface area contributed by atoms with Crippen molar-refractivity contribution in [1.29, 1.82) is 0 Å². The molecule has 1 aliphatic rings. The standard InChI is InChI=1S/C22H26N6/c1-15-5-4-6-20(24-15)26-19-9-13-28(14-10-19)22-16(2)17(3)25-21(27-22)18-7-11-23-12-8-18/h4-8,11-12,19H,9-10,13-14H2,1-3H3,(H,24,26). The fourth-order valence-electron chi connectivity index (χ4n) is 3.62. The van der Waals surface area contributed by atoms with Crippen LogP contribution in [0.4, 0.5) is 11.6 Å². The average molecular weight is 374 g/mol. The smallest absolute Gasteiger partial charge is 0.161 e. The summed E-state index contributed by atoms with van der Waals surface area (Å²) in [4.78, 5) is 20.6. The summed E-state index contributed by atoms with van der Waals surface area (Å²) in [5.41, 5.74) is 4.23. The van der Waals surface area contributed by atoms with E-state index in [1.54, 1.807) is 12.4 Å². The van der Waals surface area contributed by atoms with E-state index in [9.17, 15) is 0 Å². The van der Waals surface area contributed by atoms with E-state index in [-0.39, 0.29) is 0 Å². The van der Waals surface area contributed by atoms with E-state index in [0.29, 0.717) is 6.04 Å². The molecule has 6 nitrogen and oxygen atoms in total. The van der Waals surface area contributed by atoms with Gasteiger partial charge in [-0.1, -0.05) is 6.07 Å². The highest BCUT2D eigenvalue weighted by Gasteiger charge is 2.23. The predicted molar refractivity (Wildman–Crippen MR) is 113 cm³/mol. The van der Waals surface area contributed by atoms with Crippen LogP contribution in [0.15, 0.2) is 42.7 Å². The summed E-state index contributed by atoms with van der Waals surface area (Å²) < 4.78 is 0. The van der Waals surface area contributed by atoms with E-state index in [1.807, 2.05) is 37.3 Å². The maximum atomic E-state index is 4.90. The van der Waals surface area contributed by atoms with Gasteiger partial charge in [0.1, 0.15) is 11.6 Å². The summed E-state index contributed by atoms with van der Waals surface area (Å²) in [6, 6.07) is 10.5. The quantitative estimate of drug-likeness (QED) is 0.746. The Morgan fingerprint density at radius 3 is 2.39 bits per heavy atom. The molecule has 0 radical (unpaired) electrons. The molecule has 0 unspecified atom stereocenters. The Morgan fingerprint density at radius 2 is 1.68 bits per heavy atom. The molecule has 1 saturated heterocycles. The number of aryl methyl sites for hydroxylation is 2. The van der Waals surface area contributed by atoms with Crippen molar-refractivity contribution >= 4 is 11.6 Å². The summed E-state index contributed by atoms with van der Waals surface area (Å²) in [6.07, 6.45) is 5.68. The Labute approximate surface area is 166 Å². The monoisotopic (exact) mass is 374 g/mol. The Balaban J connectivity index is 1.49. The van der Waals surface area contributed by atoms with E-state index in [4.69, 9.17) is 9.97 Å². The molecule has 0 aliphatic carbocycles. The topological polar surface area (TPSA) is 66.8 Å². The normalized spacial score (nSPS) is 14.9. The van der Waals surface area contributed by atoms with Gasteiger partial charge in [-0.25, -0.2) is 15.0 Å². The third-order valence-corrected chi connectivity index (χ3v) is 5.34. The summed E-state index contributed by atoms with van der Waals surface area (Å²) >= 11 is 0. The minimum atomic E-state index is 0.438. The number of nitrogens with one attached hydrogen (secondary N) is 1. The molecule has 0 bridgehead atoms. The third-order valence-electron chi connectivity index (χ3n) is 5.34. The molecule has 1 fully saturated rings. The van der Waals surface area contributed by atoms with Crippen molar-refractivity contribution in [3.8, 4) is 11.4 Å². The number of anilines is 2. The first kappa shape index (κ1) is 18.3. The van der Waals surface area contributed by atoms with Crippen LogP contribution in [0.3, 0.4) is 0 Å². The molecular formula is C22H26N6. The van der Waals surface area contributed by atoms with E-state index >= 15 is 0 Å². The number of hydrogen-bond donors (Lipinski definition) is 1. The van der Waals surface area contributed by atoms with Gasteiger partial charge in [0.05, 0.1) is 0 Å². The molecule has 0 saturated carbocycles. The van der Waals surface area contributed by atoms with E-state index in [0.717, 1.165) is 65.9 Å². The molecule has 3 aromatic rings. The van der Waals surface area contributed by atoms with Crippen molar-refractivity contribution in [3.63, 3.8) is 0 Å². The molecule has 4 rings (SSSR count). The number of piperidine rings is 1. The first-order chi connectivity index (χ1) is 13.6. The molecule has 1 aliphatic heterocycles. The lowest BCUT2D eigenvalue weighted by Gasteiger charge is -2.34. The van der Waals surface area contributed by atoms with Gasteiger partial charge < -0.3 is 10.2 Å². The SMILES string of the molecule is Cc1cccc(NC2CCN(c3nc(-c4ccncc4)nc(C)c3C)CC2)n1. The maximum Gasteiger partial charge on any atom is 0.161 e. The maximum absolute atomic E-state index is 4.90. The second kappa shape index (κ2) is 7.92. The second-order valence-corrected chi connectivity index (χ2v) is 7.39.